The summed E-state index contributed by atoms with van der Waals surface area (Å²) in [4.78, 5) is 22.0. The van der Waals surface area contributed by atoms with Gasteiger partial charge in [0.2, 0.25) is 11.0 Å². The molecule has 1 aromatic carbocycles. The first-order valence-corrected chi connectivity index (χ1v) is 13.8. The first kappa shape index (κ1) is 21.8. The molecule has 0 N–H and O–H groups in total. The molecule has 2 saturated heterocycles. The summed E-state index contributed by atoms with van der Waals surface area (Å²) in [6.07, 6.45) is 6.25. The largest absolute Gasteiger partial charge is 0.347 e. The Labute approximate surface area is 191 Å². The number of nitrogens with zero attached hydrogens (tertiary/aromatic N) is 4. The van der Waals surface area contributed by atoms with Gasteiger partial charge in [0.05, 0.1) is 4.90 Å². The minimum Gasteiger partial charge on any atom is -0.347 e. The number of hydrogen-bond donors (Lipinski definition) is 0. The van der Waals surface area contributed by atoms with Gasteiger partial charge in [-0.05, 0) is 56.2 Å². The first-order valence-electron chi connectivity index (χ1n) is 11.2. The van der Waals surface area contributed by atoms with Crippen LogP contribution in [-0.2, 0) is 21.1 Å². The lowest BCUT2D eigenvalue weighted by molar-refractivity contribution is -0.133. The number of sulfone groups is 1. The Morgan fingerprint density at radius 3 is 2.53 bits per heavy atom. The molecule has 1 atom stereocenters. The zero-order valence-corrected chi connectivity index (χ0v) is 19.7. The van der Waals surface area contributed by atoms with Crippen LogP contribution in [0.5, 0.6) is 0 Å². The van der Waals surface area contributed by atoms with Gasteiger partial charge in [0, 0.05) is 55.3 Å². The van der Waals surface area contributed by atoms with E-state index in [9.17, 15) is 17.6 Å². The summed E-state index contributed by atoms with van der Waals surface area (Å²) in [6.45, 7) is 2.42. The van der Waals surface area contributed by atoms with Gasteiger partial charge in [0.1, 0.15) is 11.6 Å². The van der Waals surface area contributed by atoms with Gasteiger partial charge in [0.25, 0.3) is 0 Å². The lowest BCUT2D eigenvalue weighted by atomic mass is 9.97. The van der Waals surface area contributed by atoms with Gasteiger partial charge in [-0.25, -0.2) is 17.8 Å². The molecular weight excluding hydrogens is 451 g/mol. The number of carbonyl (C=O) groups excluding carboxylic acids is 1. The third-order valence-electron chi connectivity index (χ3n) is 6.82. The van der Waals surface area contributed by atoms with Crippen LogP contribution in [0.3, 0.4) is 0 Å². The molecule has 3 aliphatic rings. The van der Waals surface area contributed by atoms with Crippen molar-refractivity contribution >= 4 is 32.4 Å². The summed E-state index contributed by atoms with van der Waals surface area (Å²) < 4.78 is 42.2. The molecule has 1 aliphatic carbocycles. The van der Waals surface area contributed by atoms with E-state index in [2.05, 4.69) is 9.27 Å². The molecule has 32 heavy (non-hydrogen) atoms. The molecule has 1 amide bonds. The number of amides is 1. The molecule has 0 radical (unpaired) electrons. The maximum atomic E-state index is 14.5. The Morgan fingerprint density at radius 1 is 1.12 bits per heavy atom. The average molecular weight is 479 g/mol. The summed E-state index contributed by atoms with van der Waals surface area (Å²) in [5.41, 5.74) is 0.398. The molecule has 7 nitrogen and oxygen atoms in total. The second kappa shape index (κ2) is 8.37. The second-order valence-electron chi connectivity index (χ2n) is 9.17. The summed E-state index contributed by atoms with van der Waals surface area (Å²) in [5.74, 6) is 0.818. The number of benzene rings is 1. The summed E-state index contributed by atoms with van der Waals surface area (Å²) >= 11 is 1.47. The van der Waals surface area contributed by atoms with Crippen molar-refractivity contribution in [3.05, 3.63) is 35.4 Å². The van der Waals surface area contributed by atoms with E-state index in [1.807, 2.05) is 4.90 Å². The van der Waals surface area contributed by atoms with Crippen molar-refractivity contribution in [1.29, 1.82) is 0 Å². The molecule has 3 heterocycles. The number of anilines is 1. The quantitative estimate of drug-likeness (QED) is 0.635. The molecule has 3 fully saturated rings. The molecule has 0 unspecified atom stereocenters. The number of likely N-dealkylation sites (tertiary alicyclic amines) is 1. The molecule has 1 saturated carbocycles. The fourth-order valence-electron chi connectivity index (χ4n) is 4.74. The molecule has 1 aromatic heterocycles. The van der Waals surface area contributed by atoms with Crippen LogP contribution < -0.4 is 4.90 Å². The van der Waals surface area contributed by atoms with Gasteiger partial charge in [-0.1, -0.05) is 6.07 Å². The molecule has 10 heteroatoms. The third kappa shape index (κ3) is 4.39. The molecule has 172 valence electrons. The summed E-state index contributed by atoms with van der Waals surface area (Å²) in [6, 6.07) is 4.18. The highest BCUT2D eigenvalue weighted by atomic mass is 32.2. The number of aromatic nitrogens is 2. The van der Waals surface area contributed by atoms with Crippen molar-refractivity contribution in [2.75, 3.05) is 30.8 Å². The average Bonchev–Trinajstić information content (AvgIpc) is 3.38. The van der Waals surface area contributed by atoms with Crippen LogP contribution in [0.2, 0.25) is 0 Å². The van der Waals surface area contributed by atoms with Gasteiger partial charge in [0.15, 0.2) is 9.84 Å². The topological polar surface area (TPSA) is 83.5 Å². The Kier molecular flexibility index (Phi) is 5.69. The fraction of sp³-hybridized carbons (Fsp3) is 0.591. The Balaban J connectivity index is 1.18. The van der Waals surface area contributed by atoms with Crippen LogP contribution in [0.4, 0.5) is 9.52 Å². The van der Waals surface area contributed by atoms with Crippen molar-refractivity contribution in [3.63, 3.8) is 0 Å². The summed E-state index contributed by atoms with van der Waals surface area (Å²) in [7, 11) is -3.45. The predicted molar refractivity (Wildman–Crippen MR) is 120 cm³/mol. The molecular formula is C22H27FN4O3S2. The maximum Gasteiger partial charge on any atom is 0.226 e. The van der Waals surface area contributed by atoms with Crippen molar-refractivity contribution in [1.82, 2.24) is 14.3 Å². The number of halogens is 1. The standard InChI is InChI=1S/C22H27FN4O3S2/c1-32(29,30)18-5-4-15(19(23)13-18)12-16-6-11-27(21(16)28)17-7-9-26(10-8-17)22-24-20(25-31-22)14-2-3-14/h4-5,13-14,16-17H,2-3,6-12H2,1H3/t16-/m1/s1. The van der Waals surface area contributed by atoms with Crippen LogP contribution in [0, 0.1) is 11.7 Å². The highest BCUT2D eigenvalue weighted by Crippen LogP contribution is 2.40. The van der Waals surface area contributed by atoms with Crippen molar-refractivity contribution in [2.45, 2.75) is 55.4 Å². The van der Waals surface area contributed by atoms with Crippen molar-refractivity contribution in [3.8, 4) is 0 Å². The van der Waals surface area contributed by atoms with E-state index in [1.54, 1.807) is 0 Å². The fourth-order valence-corrected chi connectivity index (χ4v) is 6.17. The molecule has 5 rings (SSSR count). The highest BCUT2D eigenvalue weighted by molar-refractivity contribution is 7.90. The van der Waals surface area contributed by atoms with Gasteiger partial charge < -0.3 is 9.80 Å². The summed E-state index contributed by atoms with van der Waals surface area (Å²) in [5, 5.41) is 0.990. The highest BCUT2D eigenvalue weighted by Gasteiger charge is 2.38. The molecule has 0 bridgehead atoms. The maximum absolute atomic E-state index is 14.5. The van der Waals surface area contributed by atoms with Crippen LogP contribution in [0.1, 0.15) is 49.4 Å². The van der Waals surface area contributed by atoms with Crippen LogP contribution in [0.25, 0.3) is 0 Å². The number of rotatable bonds is 6. The SMILES string of the molecule is CS(=O)(=O)c1ccc(C[C@H]2CCN(C3CCN(c4nc(C5CC5)ns4)CC3)C2=O)c(F)c1. The second-order valence-corrected chi connectivity index (χ2v) is 11.9. The zero-order valence-electron chi connectivity index (χ0n) is 18.0. The Bertz CT molecular complexity index is 1120. The minimum atomic E-state index is -3.45. The van der Waals surface area contributed by atoms with E-state index < -0.39 is 15.7 Å². The van der Waals surface area contributed by atoms with E-state index in [0.29, 0.717) is 30.9 Å². The molecule has 2 aliphatic heterocycles. The smallest absolute Gasteiger partial charge is 0.226 e. The lowest BCUT2D eigenvalue weighted by Gasteiger charge is -2.36. The minimum absolute atomic E-state index is 0.0374. The van der Waals surface area contributed by atoms with Crippen LogP contribution in [0.15, 0.2) is 23.1 Å². The van der Waals surface area contributed by atoms with E-state index in [-0.39, 0.29) is 22.8 Å². The monoisotopic (exact) mass is 478 g/mol. The number of piperidine rings is 1. The Morgan fingerprint density at radius 2 is 1.88 bits per heavy atom. The third-order valence-corrected chi connectivity index (χ3v) is 8.72. The molecule has 0 spiro atoms. The van der Waals surface area contributed by atoms with E-state index in [0.717, 1.165) is 49.2 Å². The normalized spacial score (nSPS) is 22.7. The van der Waals surface area contributed by atoms with Gasteiger partial charge in [-0.15, -0.1) is 0 Å². The van der Waals surface area contributed by atoms with E-state index in [1.165, 1.54) is 36.5 Å². The van der Waals surface area contributed by atoms with E-state index >= 15 is 0 Å². The Hall–Kier alpha value is -2.07. The van der Waals surface area contributed by atoms with Crippen molar-refractivity contribution in [2.24, 2.45) is 5.92 Å². The predicted octanol–water partition coefficient (Wildman–Crippen LogP) is 3.02. The van der Waals surface area contributed by atoms with Crippen LogP contribution in [-0.4, -0.2) is 60.5 Å². The number of carbonyl (C=O) groups is 1. The van der Waals surface area contributed by atoms with E-state index in [4.69, 9.17) is 4.98 Å². The van der Waals surface area contributed by atoms with Gasteiger partial charge >= 0.3 is 0 Å². The van der Waals surface area contributed by atoms with Crippen molar-refractivity contribution < 1.29 is 17.6 Å². The lowest BCUT2D eigenvalue weighted by Crippen LogP contribution is -2.46. The van der Waals surface area contributed by atoms with Gasteiger partial charge in [-0.3, -0.25) is 4.79 Å². The molecule has 2 aromatic rings. The number of hydrogen-bond acceptors (Lipinski definition) is 7. The van der Waals surface area contributed by atoms with Crippen LogP contribution >= 0.6 is 11.5 Å². The zero-order chi connectivity index (χ0) is 22.5. The van der Waals surface area contributed by atoms with Gasteiger partial charge in [-0.2, -0.15) is 4.37 Å². The first-order chi connectivity index (χ1) is 15.3.